The minimum absolute atomic E-state index is 0. The van der Waals surface area contributed by atoms with Gasteiger partial charge in [0.15, 0.2) is 0 Å². The largest absolute Gasteiger partial charge is 1.00 e. The van der Waals surface area contributed by atoms with E-state index in [2.05, 4.69) is 66.0 Å². The van der Waals surface area contributed by atoms with Gasteiger partial charge in [-0.25, -0.2) is 9.13 Å². The summed E-state index contributed by atoms with van der Waals surface area (Å²) in [4.78, 5) is 0. The molecule has 0 spiro atoms. The lowest BCUT2D eigenvalue weighted by Gasteiger charge is -1.97. The Labute approximate surface area is 126 Å². The molecule has 2 rings (SSSR count). The normalized spacial score (nSPS) is 10.2. The monoisotopic (exact) mass is 322 g/mol. The summed E-state index contributed by atoms with van der Waals surface area (Å²) in [6.07, 6.45) is 11.7. The molecule has 0 aliphatic carbocycles. The smallest absolute Gasteiger partial charge is 0.248 e. The van der Waals surface area contributed by atoms with Crippen LogP contribution in [0, 0.1) is 6.92 Å². The van der Waals surface area contributed by atoms with Gasteiger partial charge in [0.2, 0.25) is 6.33 Å². The van der Waals surface area contributed by atoms with Crippen molar-refractivity contribution in [1.29, 1.82) is 0 Å². The minimum atomic E-state index is 0. The van der Waals surface area contributed by atoms with Crippen molar-refractivity contribution in [2.45, 2.75) is 46.1 Å². The van der Waals surface area contributed by atoms with Crippen molar-refractivity contribution in [3.8, 4) is 5.69 Å². The van der Waals surface area contributed by atoms with Crippen LogP contribution in [0.2, 0.25) is 0 Å². The molecule has 0 amide bonds. The van der Waals surface area contributed by atoms with Gasteiger partial charge in [0.05, 0.1) is 6.54 Å². The number of aromatic nitrogens is 2. The molecule has 3 heteroatoms. The lowest BCUT2D eigenvalue weighted by atomic mass is 10.2. The Balaban J connectivity index is 0.00000180. The quantitative estimate of drug-likeness (QED) is 0.545. The van der Waals surface area contributed by atoms with Crippen LogP contribution in [0.15, 0.2) is 43.0 Å². The Morgan fingerprint density at radius 2 is 1.79 bits per heavy atom. The zero-order valence-corrected chi connectivity index (χ0v) is 13.4. The minimum Gasteiger partial charge on any atom is -1.00 e. The summed E-state index contributed by atoms with van der Waals surface area (Å²) < 4.78 is 4.45. The predicted molar refractivity (Wildman–Crippen MR) is 74.8 cm³/mol. The van der Waals surface area contributed by atoms with Gasteiger partial charge in [-0.05, 0) is 31.9 Å². The van der Waals surface area contributed by atoms with E-state index in [4.69, 9.17) is 0 Å². The van der Waals surface area contributed by atoms with E-state index >= 15 is 0 Å². The fraction of sp³-hybridized carbons (Fsp3) is 0.438. The van der Waals surface area contributed by atoms with Crippen LogP contribution in [0.25, 0.3) is 5.69 Å². The van der Waals surface area contributed by atoms with Crippen LogP contribution in [0.1, 0.15) is 38.2 Å². The predicted octanol–water partition coefficient (Wildman–Crippen LogP) is 0.658. The maximum absolute atomic E-state index is 2.27. The van der Waals surface area contributed by atoms with Crippen molar-refractivity contribution < 1.29 is 21.5 Å². The van der Waals surface area contributed by atoms with Crippen molar-refractivity contribution in [2.24, 2.45) is 0 Å². The van der Waals surface area contributed by atoms with Gasteiger partial charge in [0.25, 0.3) is 0 Å². The number of nitrogens with zero attached hydrogens (tertiary/aromatic N) is 2. The van der Waals surface area contributed by atoms with E-state index in [1.54, 1.807) is 0 Å². The van der Waals surface area contributed by atoms with Crippen molar-refractivity contribution in [3.05, 3.63) is 48.5 Å². The fourth-order valence-electron chi connectivity index (χ4n) is 2.12. The van der Waals surface area contributed by atoms with Gasteiger partial charge in [0.1, 0.15) is 18.1 Å². The first-order valence-corrected chi connectivity index (χ1v) is 6.93. The number of aryl methyl sites for hydroxylation is 2. The molecule has 0 fully saturated rings. The third-order valence-corrected chi connectivity index (χ3v) is 3.29. The number of benzene rings is 1. The van der Waals surface area contributed by atoms with Crippen LogP contribution in [-0.4, -0.2) is 4.57 Å². The molecule has 1 aromatic carbocycles. The molecule has 0 aliphatic rings. The van der Waals surface area contributed by atoms with Crippen molar-refractivity contribution in [2.75, 3.05) is 0 Å². The average Bonchev–Trinajstić information content (AvgIpc) is 2.84. The molecule has 0 radical (unpaired) electrons. The molecule has 0 unspecified atom stereocenters. The molecular formula is C16H23BrN2. The zero-order valence-electron chi connectivity index (χ0n) is 11.8. The number of rotatable bonds is 6. The summed E-state index contributed by atoms with van der Waals surface area (Å²) in [6, 6.07) is 8.63. The van der Waals surface area contributed by atoms with Crippen LogP contribution in [0.3, 0.4) is 0 Å². The fourth-order valence-corrected chi connectivity index (χ4v) is 2.12. The van der Waals surface area contributed by atoms with E-state index in [9.17, 15) is 0 Å². The van der Waals surface area contributed by atoms with Crippen LogP contribution in [0.5, 0.6) is 0 Å². The Bertz CT molecular complexity index is 474. The molecule has 0 N–H and O–H groups in total. The highest BCUT2D eigenvalue weighted by molar-refractivity contribution is 5.33. The SMILES string of the molecule is CCCCCC[n+]1ccn(-c2ccc(C)cc2)c1.[Br-]. The molecule has 2 aromatic rings. The van der Waals surface area contributed by atoms with Crippen molar-refractivity contribution in [3.63, 3.8) is 0 Å². The Morgan fingerprint density at radius 3 is 2.47 bits per heavy atom. The van der Waals surface area contributed by atoms with Crippen LogP contribution >= 0.6 is 0 Å². The molecule has 0 atom stereocenters. The lowest BCUT2D eigenvalue weighted by Crippen LogP contribution is -3.00. The summed E-state index contributed by atoms with van der Waals surface area (Å²) in [7, 11) is 0. The molecule has 104 valence electrons. The van der Waals surface area contributed by atoms with Gasteiger partial charge < -0.3 is 17.0 Å². The van der Waals surface area contributed by atoms with Gasteiger partial charge >= 0.3 is 0 Å². The Morgan fingerprint density at radius 1 is 1.05 bits per heavy atom. The second kappa shape index (κ2) is 8.16. The highest BCUT2D eigenvalue weighted by Gasteiger charge is 2.05. The zero-order chi connectivity index (χ0) is 12.8. The summed E-state index contributed by atoms with van der Waals surface area (Å²) in [5.41, 5.74) is 2.53. The first-order chi connectivity index (χ1) is 8.79. The van der Waals surface area contributed by atoms with Gasteiger partial charge in [-0.2, -0.15) is 0 Å². The maximum Gasteiger partial charge on any atom is 0.248 e. The summed E-state index contributed by atoms with van der Waals surface area (Å²) in [5, 5.41) is 0. The number of hydrogen-bond donors (Lipinski definition) is 0. The van der Waals surface area contributed by atoms with E-state index in [1.807, 2.05) is 0 Å². The van der Waals surface area contributed by atoms with E-state index in [0.717, 1.165) is 6.54 Å². The highest BCUT2D eigenvalue weighted by Crippen LogP contribution is 2.08. The van der Waals surface area contributed by atoms with Gasteiger partial charge in [-0.15, -0.1) is 0 Å². The molecule has 1 heterocycles. The standard InChI is InChI=1S/C16H23N2.BrH/c1-3-4-5-6-11-17-12-13-18(14-17)16-9-7-15(2)8-10-16;/h7-10,12-14H,3-6,11H2,1-2H3;1H/q+1;/p-1. The highest BCUT2D eigenvalue weighted by atomic mass is 79.9. The second-order valence-electron chi connectivity index (χ2n) is 4.95. The first-order valence-electron chi connectivity index (χ1n) is 6.93. The molecule has 0 saturated heterocycles. The maximum atomic E-state index is 2.27. The van der Waals surface area contributed by atoms with E-state index in [0.29, 0.717) is 0 Å². The van der Waals surface area contributed by atoms with Crippen LogP contribution < -0.4 is 21.5 Å². The van der Waals surface area contributed by atoms with Crippen LogP contribution in [0.4, 0.5) is 0 Å². The van der Waals surface area contributed by atoms with E-state index in [-0.39, 0.29) is 17.0 Å². The third kappa shape index (κ3) is 4.83. The number of hydrogen-bond acceptors (Lipinski definition) is 0. The van der Waals surface area contributed by atoms with Gasteiger partial charge in [-0.1, -0.05) is 37.5 Å². The van der Waals surface area contributed by atoms with Crippen LogP contribution in [-0.2, 0) is 6.54 Å². The Kier molecular flexibility index (Phi) is 6.85. The first kappa shape index (κ1) is 16.0. The van der Waals surface area contributed by atoms with Gasteiger partial charge in [-0.3, -0.25) is 0 Å². The molecule has 19 heavy (non-hydrogen) atoms. The van der Waals surface area contributed by atoms with Crippen molar-refractivity contribution in [1.82, 2.24) is 4.57 Å². The summed E-state index contributed by atoms with van der Waals surface area (Å²) >= 11 is 0. The number of halogens is 1. The number of imidazole rings is 1. The third-order valence-electron chi connectivity index (χ3n) is 3.29. The van der Waals surface area contributed by atoms with Gasteiger partial charge in [0, 0.05) is 0 Å². The summed E-state index contributed by atoms with van der Waals surface area (Å²) in [6.45, 7) is 5.49. The average molecular weight is 323 g/mol. The molecule has 1 aromatic heterocycles. The topological polar surface area (TPSA) is 8.81 Å². The lowest BCUT2D eigenvalue weighted by molar-refractivity contribution is -0.696. The Hall–Kier alpha value is -1.09. The number of unbranched alkanes of at least 4 members (excludes halogenated alkanes) is 3. The molecule has 0 bridgehead atoms. The molecule has 0 saturated carbocycles. The van der Waals surface area contributed by atoms with Crippen molar-refractivity contribution >= 4 is 0 Å². The molecular weight excluding hydrogens is 300 g/mol. The second-order valence-corrected chi connectivity index (χ2v) is 4.95. The molecule has 2 nitrogen and oxygen atoms in total. The van der Waals surface area contributed by atoms with E-state index < -0.39 is 0 Å². The van der Waals surface area contributed by atoms with E-state index in [1.165, 1.54) is 36.9 Å². The molecule has 0 aliphatic heterocycles. The summed E-state index contributed by atoms with van der Waals surface area (Å²) in [5.74, 6) is 0.